The molecule has 0 unspecified atom stereocenters. The molecule has 0 fully saturated rings. The number of Topliss-reactive ketones (excluding diaryl/α,β-unsaturated/α-hetero) is 1. The number of methoxy groups -OCH3 is 1. The lowest BCUT2D eigenvalue weighted by molar-refractivity contribution is -0.125. The summed E-state index contributed by atoms with van der Waals surface area (Å²) in [6, 6.07) is 6.00. The Kier molecular flexibility index (Phi) is 3.89. The van der Waals surface area contributed by atoms with E-state index in [-0.39, 0.29) is 5.78 Å². The van der Waals surface area contributed by atoms with Crippen LogP contribution in [0.25, 0.3) is 0 Å². The summed E-state index contributed by atoms with van der Waals surface area (Å²) < 4.78 is 5.49. The van der Waals surface area contributed by atoms with Crippen LogP contribution in [0.5, 0.6) is 5.75 Å². The van der Waals surface area contributed by atoms with Crippen molar-refractivity contribution in [2.24, 2.45) is 0 Å². The molecule has 100 valence electrons. The molecule has 0 heterocycles. The Morgan fingerprint density at radius 1 is 1.26 bits per heavy atom. The minimum absolute atomic E-state index is 0.268. The van der Waals surface area contributed by atoms with Crippen LogP contribution in [0.4, 0.5) is 0 Å². The van der Waals surface area contributed by atoms with Gasteiger partial charge in [-0.05, 0) is 30.9 Å². The number of benzene rings is 1. The SMILES string of the molecule is C=CCC1(CC=C)C(=O)CCc2cccc(OC)c21. The van der Waals surface area contributed by atoms with Gasteiger partial charge in [-0.25, -0.2) is 0 Å². The quantitative estimate of drug-likeness (QED) is 0.752. The monoisotopic (exact) mass is 256 g/mol. The van der Waals surface area contributed by atoms with Crippen molar-refractivity contribution in [3.05, 3.63) is 54.6 Å². The number of fused-ring (bicyclic) bond motifs is 1. The lowest BCUT2D eigenvalue weighted by Gasteiger charge is -2.37. The Morgan fingerprint density at radius 3 is 2.53 bits per heavy atom. The number of hydrogen-bond acceptors (Lipinski definition) is 2. The van der Waals surface area contributed by atoms with Crippen molar-refractivity contribution in [1.82, 2.24) is 0 Å². The van der Waals surface area contributed by atoms with Gasteiger partial charge in [0.2, 0.25) is 0 Å². The smallest absolute Gasteiger partial charge is 0.144 e. The Balaban J connectivity index is 2.69. The van der Waals surface area contributed by atoms with Gasteiger partial charge >= 0.3 is 0 Å². The molecule has 2 nitrogen and oxygen atoms in total. The molecule has 1 aliphatic carbocycles. The number of carbonyl (C=O) groups is 1. The first-order valence-electron chi connectivity index (χ1n) is 6.61. The molecule has 0 bridgehead atoms. The zero-order valence-electron chi connectivity index (χ0n) is 11.4. The van der Waals surface area contributed by atoms with E-state index in [0.717, 1.165) is 17.7 Å². The molecule has 1 aromatic rings. The normalized spacial score (nSPS) is 16.6. The van der Waals surface area contributed by atoms with Crippen LogP contribution in [-0.4, -0.2) is 12.9 Å². The van der Waals surface area contributed by atoms with Crippen LogP contribution in [0.2, 0.25) is 0 Å². The fraction of sp³-hybridized carbons (Fsp3) is 0.353. The molecule has 1 aliphatic rings. The Hall–Kier alpha value is -1.83. The van der Waals surface area contributed by atoms with Gasteiger partial charge in [0.1, 0.15) is 11.5 Å². The molecule has 0 spiro atoms. The van der Waals surface area contributed by atoms with E-state index in [1.807, 2.05) is 24.3 Å². The van der Waals surface area contributed by atoms with Crippen LogP contribution in [0, 0.1) is 0 Å². The summed E-state index contributed by atoms with van der Waals surface area (Å²) in [6.45, 7) is 7.64. The van der Waals surface area contributed by atoms with Crippen molar-refractivity contribution < 1.29 is 9.53 Å². The van der Waals surface area contributed by atoms with Gasteiger partial charge in [0.15, 0.2) is 0 Å². The van der Waals surface area contributed by atoms with Gasteiger partial charge < -0.3 is 4.74 Å². The van der Waals surface area contributed by atoms with E-state index < -0.39 is 5.41 Å². The molecule has 2 heteroatoms. The van der Waals surface area contributed by atoms with E-state index in [1.165, 1.54) is 5.56 Å². The second-order valence-electron chi connectivity index (χ2n) is 4.99. The number of rotatable bonds is 5. The van der Waals surface area contributed by atoms with Gasteiger partial charge in [0, 0.05) is 12.0 Å². The van der Waals surface area contributed by atoms with Gasteiger partial charge in [0.05, 0.1) is 12.5 Å². The van der Waals surface area contributed by atoms with Crippen molar-refractivity contribution in [1.29, 1.82) is 0 Å². The van der Waals surface area contributed by atoms with Crippen LogP contribution in [0.1, 0.15) is 30.4 Å². The molecule has 0 amide bonds. The fourth-order valence-corrected chi connectivity index (χ4v) is 3.13. The minimum Gasteiger partial charge on any atom is -0.496 e. The van der Waals surface area contributed by atoms with E-state index >= 15 is 0 Å². The fourth-order valence-electron chi connectivity index (χ4n) is 3.13. The van der Waals surface area contributed by atoms with Crippen molar-refractivity contribution >= 4 is 5.78 Å². The first-order chi connectivity index (χ1) is 9.19. The van der Waals surface area contributed by atoms with Gasteiger partial charge in [-0.1, -0.05) is 24.3 Å². The molecule has 0 saturated carbocycles. The third-order valence-electron chi connectivity index (χ3n) is 3.95. The van der Waals surface area contributed by atoms with Gasteiger partial charge in [-0.15, -0.1) is 13.2 Å². The molecular formula is C17H20O2. The summed E-state index contributed by atoms with van der Waals surface area (Å²) in [7, 11) is 1.65. The molecule has 19 heavy (non-hydrogen) atoms. The molecule has 0 radical (unpaired) electrons. The summed E-state index contributed by atoms with van der Waals surface area (Å²) in [4.78, 5) is 12.6. The van der Waals surface area contributed by atoms with Crippen molar-refractivity contribution in [2.75, 3.05) is 7.11 Å². The third kappa shape index (κ3) is 2.12. The molecule has 1 aromatic carbocycles. The summed E-state index contributed by atoms with van der Waals surface area (Å²) in [5.74, 6) is 1.07. The topological polar surface area (TPSA) is 26.3 Å². The predicted octanol–water partition coefficient (Wildman–Crippen LogP) is 3.60. The third-order valence-corrected chi connectivity index (χ3v) is 3.95. The molecule has 0 saturated heterocycles. The summed E-state index contributed by atoms with van der Waals surface area (Å²) in [5, 5.41) is 0. The maximum atomic E-state index is 12.6. The van der Waals surface area contributed by atoms with E-state index in [2.05, 4.69) is 19.2 Å². The number of ether oxygens (including phenoxy) is 1. The molecule has 0 aliphatic heterocycles. The molecule has 0 atom stereocenters. The van der Waals surface area contributed by atoms with Crippen molar-refractivity contribution in [3.8, 4) is 5.75 Å². The number of hydrogen-bond donors (Lipinski definition) is 0. The van der Waals surface area contributed by atoms with E-state index in [9.17, 15) is 4.79 Å². The second kappa shape index (κ2) is 5.43. The highest BCUT2D eigenvalue weighted by molar-refractivity contribution is 5.93. The minimum atomic E-state index is -0.538. The molecule has 0 aromatic heterocycles. The van der Waals surface area contributed by atoms with Crippen LogP contribution in [0.3, 0.4) is 0 Å². The zero-order valence-corrected chi connectivity index (χ0v) is 11.4. The lowest BCUT2D eigenvalue weighted by atomic mass is 9.65. The Labute approximate surface area is 114 Å². The maximum absolute atomic E-state index is 12.6. The lowest BCUT2D eigenvalue weighted by Crippen LogP contribution is -2.39. The van der Waals surface area contributed by atoms with Crippen LogP contribution < -0.4 is 4.74 Å². The first-order valence-corrected chi connectivity index (χ1v) is 6.61. The summed E-state index contributed by atoms with van der Waals surface area (Å²) >= 11 is 0. The Bertz CT molecular complexity index is 490. The number of allylic oxidation sites excluding steroid dienone is 2. The average molecular weight is 256 g/mol. The molecule has 2 rings (SSSR count). The van der Waals surface area contributed by atoms with Gasteiger partial charge in [-0.3, -0.25) is 4.79 Å². The van der Waals surface area contributed by atoms with Crippen molar-refractivity contribution in [3.63, 3.8) is 0 Å². The summed E-state index contributed by atoms with van der Waals surface area (Å²) in [5.41, 5.74) is 1.71. The average Bonchev–Trinajstić information content (AvgIpc) is 2.43. The highest BCUT2D eigenvalue weighted by atomic mass is 16.5. The highest BCUT2D eigenvalue weighted by Gasteiger charge is 2.43. The largest absolute Gasteiger partial charge is 0.496 e. The summed E-state index contributed by atoms with van der Waals surface area (Å²) in [6.07, 6.45) is 6.28. The van der Waals surface area contributed by atoms with E-state index in [1.54, 1.807) is 7.11 Å². The van der Waals surface area contributed by atoms with Gasteiger partial charge in [0.25, 0.3) is 0 Å². The Morgan fingerprint density at radius 2 is 1.95 bits per heavy atom. The van der Waals surface area contributed by atoms with E-state index in [4.69, 9.17) is 4.74 Å². The molecule has 0 N–H and O–H groups in total. The predicted molar refractivity (Wildman–Crippen MR) is 77.6 cm³/mol. The highest BCUT2D eigenvalue weighted by Crippen LogP contribution is 2.45. The van der Waals surface area contributed by atoms with Crippen LogP contribution in [-0.2, 0) is 16.6 Å². The number of ketones is 1. The zero-order chi connectivity index (χ0) is 13.9. The first kappa shape index (κ1) is 13.6. The number of aryl methyl sites for hydroxylation is 1. The second-order valence-corrected chi connectivity index (χ2v) is 4.99. The maximum Gasteiger partial charge on any atom is 0.144 e. The van der Waals surface area contributed by atoms with E-state index in [0.29, 0.717) is 19.3 Å². The van der Waals surface area contributed by atoms with Crippen LogP contribution in [0.15, 0.2) is 43.5 Å². The standard InChI is InChI=1S/C17H20O2/c1-4-11-17(12-5-2)15(18)10-9-13-7-6-8-14(19-3)16(13)17/h4-8H,1-2,9-12H2,3H3. The number of carbonyl (C=O) groups excluding carboxylic acids is 1. The van der Waals surface area contributed by atoms with Crippen molar-refractivity contribution in [2.45, 2.75) is 31.1 Å². The molecular weight excluding hydrogens is 236 g/mol. The van der Waals surface area contributed by atoms with Gasteiger partial charge in [-0.2, -0.15) is 0 Å². The van der Waals surface area contributed by atoms with Crippen LogP contribution >= 0.6 is 0 Å².